The van der Waals surface area contributed by atoms with Crippen LogP contribution in [-0.4, -0.2) is 12.5 Å². The van der Waals surface area contributed by atoms with Crippen molar-refractivity contribution in [1.82, 2.24) is 0 Å². The van der Waals surface area contributed by atoms with Crippen LogP contribution in [0.1, 0.15) is 40.9 Å². The van der Waals surface area contributed by atoms with E-state index >= 15 is 0 Å². The second-order valence-electron chi connectivity index (χ2n) is 6.77. The molecule has 0 saturated carbocycles. The predicted molar refractivity (Wildman–Crippen MR) is 117 cm³/mol. The first-order valence-electron chi connectivity index (χ1n) is 9.95. The van der Waals surface area contributed by atoms with E-state index < -0.39 is 0 Å². The average Bonchev–Trinajstić information content (AvgIpc) is 2.74. The third-order valence-corrected chi connectivity index (χ3v) is 4.75. The molecule has 3 aromatic carbocycles. The van der Waals surface area contributed by atoms with Gasteiger partial charge in [-0.2, -0.15) is 0 Å². The minimum atomic E-state index is -0.147. The molecule has 0 saturated heterocycles. The Hall–Kier alpha value is -3.27. The van der Waals surface area contributed by atoms with Gasteiger partial charge in [0.2, 0.25) is 0 Å². The van der Waals surface area contributed by atoms with Crippen molar-refractivity contribution in [2.75, 3.05) is 11.9 Å². The van der Waals surface area contributed by atoms with E-state index in [2.05, 4.69) is 12.2 Å². The molecule has 0 fully saturated rings. The maximum absolute atomic E-state index is 12.8. The summed E-state index contributed by atoms with van der Waals surface area (Å²) in [5, 5.41) is 3.02. The summed E-state index contributed by atoms with van der Waals surface area (Å²) in [6.07, 6.45) is 0.856. The average molecular weight is 389 g/mol. The summed E-state index contributed by atoms with van der Waals surface area (Å²) >= 11 is 0. The van der Waals surface area contributed by atoms with Crippen molar-refractivity contribution >= 4 is 11.6 Å². The van der Waals surface area contributed by atoms with Gasteiger partial charge in [-0.15, -0.1) is 0 Å². The van der Waals surface area contributed by atoms with Crippen molar-refractivity contribution in [2.45, 2.75) is 33.8 Å². The molecule has 1 amide bonds. The van der Waals surface area contributed by atoms with E-state index in [1.165, 1.54) is 0 Å². The Labute approximate surface area is 172 Å². The maximum atomic E-state index is 12.8. The van der Waals surface area contributed by atoms with Crippen molar-refractivity contribution in [3.8, 4) is 11.5 Å². The highest BCUT2D eigenvalue weighted by molar-refractivity contribution is 6.04. The molecule has 3 rings (SSSR count). The van der Waals surface area contributed by atoms with E-state index in [9.17, 15) is 4.79 Å². The fourth-order valence-electron chi connectivity index (χ4n) is 3.15. The van der Waals surface area contributed by atoms with Gasteiger partial charge in [0.25, 0.3) is 5.91 Å². The van der Waals surface area contributed by atoms with Crippen molar-refractivity contribution in [3.63, 3.8) is 0 Å². The van der Waals surface area contributed by atoms with E-state index in [4.69, 9.17) is 9.47 Å². The number of hydrogen-bond donors (Lipinski definition) is 1. The highest BCUT2D eigenvalue weighted by atomic mass is 16.5. The number of para-hydroxylation sites is 2. The molecule has 0 aliphatic heterocycles. The van der Waals surface area contributed by atoms with E-state index in [0.29, 0.717) is 18.8 Å². The Kier molecular flexibility index (Phi) is 6.90. The Bertz CT molecular complexity index is 981. The first-order valence-corrected chi connectivity index (χ1v) is 9.95. The molecule has 150 valence electrons. The number of amides is 1. The molecule has 4 nitrogen and oxygen atoms in total. The molecule has 0 radical (unpaired) electrons. The first kappa shape index (κ1) is 20.5. The molecule has 29 heavy (non-hydrogen) atoms. The molecule has 3 aromatic rings. The van der Waals surface area contributed by atoms with E-state index in [0.717, 1.165) is 40.3 Å². The quantitative estimate of drug-likeness (QED) is 0.531. The van der Waals surface area contributed by atoms with Crippen molar-refractivity contribution in [2.24, 2.45) is 0 Å². The number of carbonyl (C=O) groups excluding carboxylic acids is 1. The largest absolute Gasteiger partial charge is 0.493 e. The van der Waals surface area contributed by atoms with Crippen molar-refractivity contribution < 1.29 is 14.3 Å². The standard InChI is InChI=1S/C25H27NO3/c1-4-19-11-7-8-12-22(19)26-25(27)20-14-15-24(28-5-2)21(16-20)17-29-23-13-9-6-10-18(23)3/h6-16H,4-5,17H2,1-3H3,(H,26,27). The Morgan fingerprint density at radius 1 is 0.862 bits per heavy atom. The molecular weight excluding hydrogens is 362 g/mol. The van der Waals surface area contributed by atoms with Crippen LogP contribution in [0, 0.1) is 6.92 Å². The number of rotatable bonds is 8. The van der Waals surface area contributed by atoms with Crippen LogP contribution in [0.15, 0.2) is 66.7 Å². The van der Waals surface area contributed by atoms with Crippen LogP contribution in [-0.2, 0) is 13.0 Å². The number of carbonyl (C=O) groups is 1. The molecule has 4 heteroatoms. The summed E-state index contributed by atoms with van der Waals surface area (Å²) in [6.45, 7) is 6.89. The lowest BCUT2D eigenvalue weighted by molar-refractivity contribution is 0.102. The van der Waals surface area contributed by atoms with Crippen molar-refractivity contribution in [3.05, 3.63) is 89.0 Å². The third-order valence-electron chi connectivity index (χ3n) is 4.75. The van der Waals surface area contributed by atoms with E-state index in [1.807, 2.05) is 74.5 Å². The van der Waals surface area contributed by atoms with Crippen LogP contribution in [0.3, 0.4) is 0 Å². The van der Waals surface area contributed by atoms with Gasteiger partial charge in [-0.25, -0.2) is 0 Å². The monoisotopic (exact) mass is 389 g/mol. The molecule has 0 aliphatic carbocycles. The highest BCUT2D eigenvalue weighted by Gasteiger charge is 2.13. The maximum Gasteiger partial charge on any atom is 0.255 e. The van der Waals surface area contributed by atoms with Gasteiger partial charge in [0.1, 0.15) is 18.1 Å². The van der Waals surface area contributed by atoms with Gasteiger partial charge in [-0.3, -0.25) is 4.79 Å². The summed E-state index contributed by atoms with van der Waals surface area (Å²) < 4.78 is 11.7. The zero-order chi connectivity index (χ0) is 20.6. The Morgan fingerprint density at radius 3 is 2.38 bits per heavy atom. The lowest BCUT2D eigenvalue weighted by Crippen LogP contribution is -2.14. The van der Waals surface area contributed by atoms with E-state index in [1.54, 1.807) is 6.07 Å². The second-order valence-corrected chi connectivity index (χ2v) is 6.77. The zero-order valence-electron chi connectivity index (χ0n) is 17.2. The van der Waals surface area contributed by atoms with Crippen LogP contribution < -0.4 is 14.8 Å². The second kappa shape index (κ2) is 9.78. The zero-order valence-corrected chi connectivity index (χ0v) is 17.2. The lowest BCUT2D eigenvalue weighted by Gasteiger charge is -2.15. The molecule has 0 aromatic heterocycles. The van der Waals surface area contributed by atoms with Crippen LogP contribution in [0.4, 0.5) is 5.69 Å². The van der Waals surface area contributed by atoms with Gasteiger partial charge in [0.15, 0.2) is 0 Å². The molecule has 0 bridgehead atoms. The van der Waals surface area contributed by atoms with Crippen LogP contribution in [0.2, 0.25) is 0 Å². The third kappa shape index (κ3) is 5.17. The van der Waals surface area contributed by atoms with Gasteiger partial charge in [0.05, 0.1) is 6.61 Å². The number of aryl methyl sites for hydroxylation is 2. The number of ether oxygens (including phenoxy) is 2. The lowest BCUT2D eigenvalue weighted by atomic mass is 10.1. The summed E-state index contributed by atoms with van der Waals surface area (Å²) in [4.78, 5) is 12.8. The van der Waals surface area contributed by atoms with Gasteiger partial charge in [-0.05, 0) is 61.7 Å². The summed E-state index contributed by atoms with van der Waals surface area (Å²) in [7, 11) is 0. The van der Waals surface area contributed by atoms with Crippen LogP contribution in [0.5, 0.6) is 11.5 Å². The first-order chi connectivity index (χ1) is 14.1. The minimum Gasteiger partial charge on any atom is -0.493 e. The minimum absolute atomic E-state index is 0.147. The number of anilines is 1. The summed E-state index contributed by atoms with van der Waals surface area (Å²) in [6, 6.07) is 21.2. The number of hydrogen-bond acceptors (Lipinski definition) is 3. The smallest absolute Gasteiger partial charge is 0.255 e. The number of nitrogens with one attached hydrogen (secondary N) is 1. The molecule has 0 atom stereocenters. The summed E-state index contributed by atoms with van der Waals surface area (Å²) in [5.41, 5.74) is 4.42. The van der Waals surface area contributed by atoms with Crippen molar-refractivity contribution in [1.29, 1.82) is 0 Å². The van der Waals surface area contributed by atoms with Gasteiger partial charge in [0, 0.05) is 16.8 Å². The molecule has 0 heterocycles. The predicted octanol–water partition coefficient (Wildman–Crippen LogP) is 5.79. The van der Waals surface area contributed by atoms with Crippen LogP contribution in [0.25, 0.3) is 0 Å². The Balaban J connectivity index is 1.81. The van der Waals surface area contributed by atoms with Gasteiger partial charge in [-0.1, -0.05) is 43.3 Å². The van der Waals surface area contributed by atoms with Gasteiger partial charge < -0.3 is 14.8 Å². The highest BCUT2D eigenvalue weighted by Crippen LogP contribution is 2.25. The normalized spacial score (nSPS) is 10.4. The fraction of sp³-hybridized carbons (Fsp3) is 0.240. The van der Waals surface area contributed by atoms with E-state index in [-0.39, 0.29) is 5.91 Å². The van der Waals surface area contributed by atoms with Crippen LogP contribution >= 0.6 is 0 Å². The topological polar surface area (TPSA) is 47.6 Å². The molecule has 1 N–H and O–H groups in total. The molecule has 0 aliphatic rings. The SMILES string of the molecule is CCOc1ccc(C(=O)Nc2ccccc2CC)cc1COc1ccccc1C. The fourth-order valence-corrected chi connectivity index (χ4v) is 3.15. The summed E-state index contributed by atoms with van der Waals surface area (Å²) in [5.74, 6) is 1.40. The molecule has 0 spiro atoms. The van der Waals surface area contributed by atoms with Gasteiger partial charge >= 0.3 is 0 Å². The molecule has 0 unspecified atom stereocenters. The number of benzene rings is 3. The molecular formula is C25H27NO3. The Morgan fingerprint density at radius 2 is 1.62 bits per heavy atom.